The minimum Gasteiger partial charge on any atom is -0.352 e. The number of carbonyl (C=O) groups excluding carboxylic acids is 1. The topological polar surface area (TPSA) is 58.4 Å². The lowest BCUT2D eigenvalue weighted by Gasteiger charge is -2.18. The molecule has 0 heterocycles. The predicted octanol–water partition coefficient (Wildman–Crippen LogP) is -0.0659. The zero-order valence-corrected chi connectivity index (χ0v) is 9.34. The van der Waals surface area contributed by atoms with Crippen LogP contribution in [0.5, 0.6) is 0 Å². The molecule has 1 aliphatic rings. The molecule has 0 aromatic rings. The molecule has 0 saturated heterocycles. The standard InChI is InChI=1S/C10H21N3O/c1-8(4-7-13(2)3)12-9(14)10(11)5-6-10/h8H,4-7,11H2,1-3H3,(H,12,14). The monoisotopic (exact) mass is 199 g/mol. The molecule has 1 unspecified atom stereocenters. The van der Waals surface area contributed by atoms with Crippen molar-refractivity contribution in [2.75, 3.05) is 20.6 Å². The Kier molecular flexibility index (Phi) is 3.50. The maximum Gasteiger partial charge on any atom is 0.240 e. The van der Waals surface area contributed by atoms with Crippen LogP contribution >= 0.6 is 0 Å². The zero-order chi connectivity index (χ0) is 10.8. The van der Waals surface area contributed by atoms with Gasteiger partial charge in [-0.15, -0.1) is 0 Å². The number of rotatable bonds is 5. The summed E-state index contributed by atoms with van der Waals surface area (Å²) in [4.78, 5) is 13.6. The van der Waals surface area contributed by atoms with Crippen LogP contribution in [0.3, 0.4) is 0 Å². The van der Waals surface area contributed by atoms with Crippen molar-refractivity contribution in [2.45, 2.75) is 37.8 Å². The van der Waals surface area contributed by atoms with Crippen LogP contribution in [0.15, 0.2) is 0 Å². The van der Waals surface area contributed by atoms with E-state index in [1.165, 1.54) is 0 Å². The van der Waals surface area contributed by atoms with Gasteiger partial charge in [0.1, 0.15) is 0 Å². The minimum atomic E-state index is -0.535. The number of nitrogens with one attached hydrogen (secondary N) is 1. The van der Waals surface area contributed by atoms with E-state index in [1.54, 1.807) is 0 Å². The minimum absolute atomic E-state index is 0.0174. The molecular weight excluding hydrogens is 178 g/mol. The first-order valence-electron chi connectivity index (χ1n) is 5.18. The third kappa shape index (κ3) is 3.27. The molecular formula is C10H21N3O. The van der Waals surface area contributed by atoms with Gasteiger partial charge in [0.25, 0.3) is 0 Å². The highest BCUT2D eigenvalue weighted by molar-refractivity contribution is 5.89. The van der Waals surface area contributed by atoms with Gasteiger partial charge in [0.15, 0.2) is 0 Å². The highest BCUT2D eigenvalue weighted by Gasteiger charge is 2.46. The van der Waals surface area contributed by atoms with Crippen molar-refractivity contribution in [3.8, 4) is 0 Å². The molecule has 0 aliphatic heterocycles. The van der Waals surface area contributed by atoms with E-state index >= 15 is 0 Å². The van der Waals surface area contributed by atoms with Gasteiger partial charge in [0.05, 0.1) is 5.54 Å². The fourth-order valence-electron chi connectivity index (χ4n) is 1.25. The van der Waals surface area contributed by atoms with E-state index in [0.29, 0.717) is 0 Å². The highest BCUT2D eigenvalue weighted by atomic mass is 16.2. The van der Waals surface area contributed by atoms with Crippen molar-refractivity contribution in [1.29, 1.82) is 0 Å². The summed E-state index contributed by atoms with van der Waals surface area (Å²) in [6, 6.07) is 0.214. The molecule has 82 valence electrons. The van der Waals surface area contributed by atoms with Crippen LogP contribution in [0.25, 0.3) is 0 Å². The average molecular weight is 199 g/mol. The molecule has 4 nitrogen and oxygen atoms in total. The Balaban J connectivity index is 2.19. The van der Waals surface area contributed by atoms with E-state index in [-0.39, 0.29) is 11.9 Å². The molecule has 0 aromatic heterocycles. The molecule has 0 aromatic carbocycles. The van der Waals surface area contributed by atoms with Gasteiger partial charge in [0, 0.05) is 6.04 Å². The third-order valence-corrected chi connectivity index (χ3v) is 2.63. The Morgan fingerprint density at radius 1 is 1.57 bits per heavy atom. The number of nitrogens with two attached hydrogens (primary N) is 1. The maximum absolute atomic E-state index is 11.5. The van der Waals surface area contributed by atoms with E-state index in [0.717, 1.165) is 25.8 Å². The molecule has 1 aliphatic carbocycles. The normalized spacial score (nSPS) is 20.6. The summed E-state index contributed by atoms with van der Waals surface area (Å²) >= 11 is 0. The van der Waals surface area contributed by atoms with Gasteiger partial charge in [-0.25, -0.2) is 0 Å². The lowest BCUT2D eigenvalue weighted by Crippen LogP contribution is -2.46. The van der Waals surface area contributed by atoms with Crippen molar-refractivity contribution in [3.63, 3.8) is 0 Å². The smallest absolute Gasteiger partial charge is 0.240 e. The number of hydrogen-bond donors (Lipinski definition) is 2. The Labute approximate surface area is 85.8 Å². The molecule has 3 N–H and O–H groups in total. The van der Waals surface area contributed by atoms with Gasteiger partial charge in [0.2, 0.25) is 5.91 Å². The van der Waals surface area contributed by atoms with Crippen LogP contribution in [0, 0.1) is 0 Å². The first kappa shape index (κ1) is 11.5. The quantitative estimate of drug-likeness (QED) is 0.652. The Morgan fingerprint density at radius 2 is 2.14 bits per heavy atom. The second kappa shape index (κ2) is 4.28. The summed E-state index contributed by atoms with van der Waals surface area (Å²) in [5, 5.41) is 2.95. The Morgan fingerprint density at radius 3 is 2.57 bits per heavy atom. The van der Waals surface area contributed by atoms with Crippen molar-refractivity contribution in [3.05, 3.63) is 0 Å². The fraction of sp³-hybridized carbons (Fsp3) is 0.900. The predicted molar refractivity (Wildman–Crippen MR) is 56.9 cm³/mol. The average Bonchev–Trinajstić information content (AvgIpc) is 2.81. The van der Waals surface area contributed by atoms with Crippen LogP contribution < -0.4 is 11.1 Å². The lowest BCUT2D eigenvalue weighted by molar-refractivity contribution is -0.123. The van der Waals surface area contributed by atoms with Crippen LogP contribution in [0.4, 0.5) is 0 Å². The first-order valence-corrected chi connectivity index (χ1v) is 5.18. The molecule has 4 heteroatoms. The molecule has 0 bridgehead atoms. The van der Waals surface area contributed by atoms with Crippen LogP contribution in [0.2, 0.25) is 0 Å². The summed E-state index contributed by atoms with van der Waals surface area (Å²) < 4.78 is 0. The van der Waals surface area contributed by atoms with Gasteiger partial charge in [-0.2, -0.15) is 0 Å². The van der Waals surface area contributed by atoms with Gasteiger partial charge in [-0.3, -0.25) is 4.79 Å². The SMILES string of the molecule is CC(CCN(C)C)NC(=O)C1(N)CC1. The van der Waals surface area contributed by atoms with Crippen molar-refractivity contribution < 1.29 is 4.79 Å². The molecule has 1 atom stereocenters. The molecule has 1 saturated carbocycles. The molecule has 14 heavy (non-hydrogen) atoms. The van der Waals surface area contributed by atoms with Crippen LogP contribution in [0.1, 0.15) is 26.2 Å². The van der Waals surface area contributed by atoms with Gasteiger partial charge >= 0.3 is 0 Å². The second-order valence-corrected chi connectivity index (χ2v) is 4.62. The summed E-state index contributed by atoms with van der Waals surface area (Å²) in [5.41, 5.74) is 5.24. The zero-order valence-electron chi connectivity index (χ0n) is 9.34. The molecule has 1 rings (SSSR count). The van der Waals surface area contributed by atoms with Gasteiger partial charge in [-0.05, 0) is 46.8 Å². The highest BCUT2D eigenvalue weighted by Crippen LogP contribution is 2.32. The maximum atomic E-state index is 11.5. The van der Waals surface area contributed by atoms with E-state index in [2.05, 4.69) is 10.2 Å². The van der Waals surface area contributed by atoms with Crippen LogP contribution in [-0.4, -0.2) is 43.0 Å². The molecule has 0 radical (unpaired) electrons. The largest absolute Gasteiger partial charge is 0.352 e. The fourth-order valence-corrected chi connectivity index (χ4v) is 1.25. The summed E-state index contributed by atoms with van der Waals surface area (Å²) in [6.45, 7) is 3.01. The van der Waals surface area contributed by atoms with E-state index in [1.807, 2.05) is 21.0 Å². The third-order valence-electron chi connectivity index (χ3n) is 2.63. The summed E-state index contributed by atoms with van der Waals surface area (Å²) in [7, 11) is 4.06. The number of amides is 1. The van der Waals surface area contributed by atoms with Gasteiger partial charge < -0.3 is 16.0 Å². The van der Waals surface area contributed by atoms with Gasteiger partial charge in [-0.1, -0.05) is 0 Å². The number of nitrogens with zero attached hydrogens (tertiary/aromatic N) is 1. The van der Waals surface area contributed by atoms with Crippen molar-refractivity contribution in [1.82, 2.24) is 10.2 Å². The number of carbonyl (C=O) groups is 1. The molecule has 1 fully saturated rings. The molecule has 0 spiro atoms. The van der Waals surface area contributed by atoms with E-state index in [9.17, 15) is 4.79 Å². The molecule has 1 amide bonds. The van der Waals surface area contributed by atoms with E-state index in [4.69, 9.17) is 5.73 Å². The summed E-state index contributed by atoms with van der Waals surface area (Å²) in [5.74, 6) is 0.0174. The first-order chi connectivity index (χ1) is 6.44. The number of hydrogen-bond acceptors (Lipinski definition) is 3. The lowest BCUT2D eigenvalue weighted by atomic mass is 10.2. The van der Waals surface area contributed by atoms with Crippen LogP contribution in [-0.2, 0) is 4.79 Å². The van der Waals surface area contributed by atoms with E-state index < -0.39 is 5.54 Å². The second-order valence-electron chi connectivity index (χ2n) is 4.62. The Hall–Kier alpha value is -0.610. The van der Waals surface area contributed by atoms with Crippen molar-refractivity contribution >= 4 is 5.91 Å². The Bertz CT molecular complexity index is 211. The summed E-state index contributed by atoms with van der Waals surface area (Å²) in [6.07, 6.45) is 2.63. The van der Waals surface area contributed by atoms with Crippen molar-refractivity contribution in [2.24, 2.45) is 5.73 Å².